The Morgan fingerprint density at radius 3 is 1.42 bits per heavy atom. The molecule has 11 rings (SSSR count). The first-order valence-electron chi connectivity index (χ1n) is 21.6. The molecule has 10 aromatic rings. The molecule has 0 aromatic heterocycles. The van der Waals surface area contributed by atoms with Crippen LogP contribution in [0.2, 0.25) is 0 Å². The molecule has 0 heterocycles. The maximum absolute atomic E-state index is 15.7. The van der Waals surface area contributed by atoms with Crippen LogP contribution in [0.15, 0.2) is 224 Å². The summed E-state index contributed by atoms with van der Waals surface area (Å²) in [4.78, 5) is 1.80. The molecule has 1 nitrogen and oxygen atoms in total. The molecule has 0 spiro atoms. The summed E-state index contributed by atoms with van der Waals surface area (Å²) in [6.07, 6.45) is -9.56. The van der Waals surface area contributed by atoms with Crippen molar-refractivity contribution in [2.24, 2.45) is 0 Å². The molecule has 1 aliphatic carbocycles. The van der Waals surface area contributed by atoms with Crippen molar-refractivity contribution >= 4 is 38.6 Å². The van der Waals surface area contributed by atoms with Gasteiger partial charge in [-0.15, -0.1) is 0 Å². The topological polar surface area (TPSA) is 3.24 Å². The van der Waals surface area contributed by atoms with Gasteiger partial charge in [-0.2, -0.15) is 26.3 Å². The molecule has 0 unspecified atom stereocenters. The Morgan fingerprint density at radius 1 is 0.348 bits per heavy atom. The van der Waals surface area contributed by atoms with Crippen molar-refractivity contribution in [3.8, 4) is 33.4 Å². The zero-order valence-corrected chi connectivity index (χ0v) is 35.1. The molecule has 0 bridgehead atoms. The summed E-state index contributed by atoms with van der Waals surface area (Å²) in [5.41, 5.74) is 4.01. The molecule has 0 atom stereocenters. The molecule has 0 aliphatic heterocycles. The Hall–Kier alpha value is -7.90. The molecule has 10 aromatic carbocycles. The molecule has 0 amide bonds. The molecule has 1 aliphatic rings. The molecule has 0 radical (unpaired) electrons. The third-order valence-corrected chi connectivity index (χ3v) is 13.0. The summed E-state index contributed by atoms with van der Waals surface area (Å²) in [7, 11) is 0. The first kappa shape index (κ1) is 40.8. The highest BCUT2D eigenvalue weighted by molar-refractivity contribution is 6.13. The molecule has 66 heavy (non-hydrogen) atoms. The van der Waals surface area contributed by atoms with Crippen LogP contribution in [0.5, 0.6) is 0 Å². The van der Waals surface area contributed by atoms with Gasteiger partial charge in [0.25, 0.3) is 0 Å². The lowest BCUT2D eigenvalue weighted by molar-refractivity contribution is -0.138. The predicted molar refractivity (Wildman–Crippen MR) is 254 cm³/mol. The van der Waals surface area contributed by atoms with E-state index in [0.717, 1.165) is 68.1 Å². The summed E-state index contributed by atoms with van der Waals surface area (Å²) >= 11 is 0. The van der Waals surface area contributed by atoms with E-state index in [4.69, 9.17) is 0 Å². The number of hydrogen-bond donors (Lipinski definition) is 0. The molecule has 320 valence electrons. The van der Waals surface area contributed by atoms with Gasteiger partial charge in [0, 0.05) is 16.9 Å². The number of hydrogen-bond acceptors (Lipinski definition) is 1. The van der Waals surface area contributed by atoms with Gasteiger partial charge in [-0.25, -0.2) is 0 Å². The third kappa shape index (κ3) is 6.73. The normalized spacial score (nSPS) is 13.1. The van der Waals surface area contributed by atoms with Crippen LogP contribution in [-0.4, -0.2) is 0 Å². The number of fused-ring (bicyclic) bond motifs is 6. The van der Waals surface area contributed by atoms with E-state index in [1.165, 1.54) is 6.07 Å². The number of nitrogens with zero attached hydrogens (tertiary/aromatic N) is 1. The van der Waals surface area contributed by atoms with Gasteiger partial charge in [0.2, 0.25) is 0 Å². The van der Waals surface area contributed by atoms with Gasteiger partial charge < -0.3 is 4.90 Å². The molecular formula is C59H37F6N. The van der Waals surface area contributed by atoms with Crippen LogP contribution in [0.1, 0.15) is 33.4 Å². The van der Waals surface area contributed by atoms with E-state index in [-0.39, 0.29) is 16.8 Å². The second-order valence-electron chi connectivity index (χ2n) is 16.6. The lowest BCUT2D eigenvalue weighted by atomic mass is 9.67. The average Bonchev–Trinajstić information content (AvgIpc) is 3.65. The van der Waals surface area contributed by atoms with E-state index in [1.807, 2.05) is 103 Å². The van der Waals surface area contributed by atoms with Gasteiger partial charge in [0.15, 0.2) is 0 Å². The average molecular weight is 874 g/mol. The quantitative estimate of drug-likeness (QED) is 0.114. The minimum atomic E-state index is -4.83. The zero-order chi connectivity index (χ0) is 45.2. The summed E-state index contributed by atoms with van der Waals surface area (Å²) in [6, 6.07) is 67.3. The van der Waals surface area contributed by atoms with E-state index in [1.54, 1.807) is 65.6 Å². The molecule has 0 saturated carbocycles. The summed E-state index contributed by atoms with van der Waals surface area (Å²) in [5.74, 6) is 0. The van der Waals surface area contributed by atoms with Crippen molar-refractivity contribution in [2.75, 3.05) is 4.90 Å². The van der Waals surface area contributed by atoms with Crippen LogP contribution < -0.4 is 4.90 Å². The van der Waals surface area contributed by atoms with E-state index in [2.05, 4.69) is 30.3 Å². The lowest BCUT2D eigenvalue weighted by Crippen LogP contribution is -2.29. The van der Waals surface area contributed by atoms with E-state index < -0.39 is 28.9 Å². The van der Waals surface area contributed by atoms with Crippen LogP contribution in [-0.2, 0) is 17.8 Å². The van der Waals surface area contributed by atoms with Crippen LogP contribution in [0, 0.1) is 0 Å². The largest absolute Gasteiger partial charge is 0.416 e. The highest BCUT2D eigenvalue weighted by atomic mass is 19.4. The Balaban J connectivity index is 1.21. The van der Waals surface area contributed by atoms with Crippen molar-refractivity contribution in [2.45, 2.75) is 17.8 Å². The highest BCUT2D eigenvalue weighted by Crippen LogP contribution is 2.61. The number of alkyl halides is 6. The number of rotatable bonds is 7. The van der Waals surface area contributed by atoms with Crippen LogP contribution in [0.3, 0.4) is 0 Å². The molecule has 7 heteroatoms. The molecule has 0 N–H and O–H groups in total. The van der Waals surface area contributed by atoms with Crippen molar-refractivity contribution in [1.29, 1.82) is 0 Å². The maximum atomic E-state index is 15.7. The maximum Gasteiger partial charge on any atom is 0.416 e. The van der Waals surface area contributed by atoms with Gasteiger partial charge in [-0.1, -0.05) is 170 Å². The fraction of sp³-hybridized carbons (Fsp3) is 0.0508. The Morgan fingerprint density at radius 2 is 0.833 bits per heavy atom. The van der Waals surface area contributed by atoms with Crippen molar-refractivity contribution in [3.05, 3.63) is 258 Å². The van der Waals surface area contributed by atoms with Crippen LogP contribution >= 0.6 is 0 Å². The van der Waals surface area contributed by atoms with Crippen molar-refractivity contribution in [3.63, 3.8) is 0 Å². The van der Waals surface area contributed by atoms with Crippen molar-refractivity contribution in [1.82, 2.24) is 0 Å². The van der Waals surface area contributed by atoms with Gasteiger partial charge in [0.05, 0.1) is 22.2 Å². The summed E-state index contributed by atoms with van der Waals surface area (Å²) in [5, 5.41) is 4.35. The first-order valence-corrected chi connectivity index (χ1v) is 21.6. The Kier molecular flexibility index (Phi) is 9.70. The van der Waals surface area contributed by atoms with Crippen LogP contribution in [0.4, 0.5) is 43.4 Å². The van der Waals surface area contributed by atoms with Crippen LogP contribution in [0.25, 0.3) is 54.9 Å². The number of halogens is 6. The van der Waals surface area contributed by atoms with Gasteiger partial charge in [-0.05, 0) is 126 Å². The number of anilines is 3. The fourth-order valence-electron chi connectivity index (χ4n) is 10.0. The first-order chi connectivity index (χ1) is 32.0. The summed E-state index contributed by atoms with van der Waals surface area (Å²) < 4.78 is 91.5. The smallest absolute Gasteiger partial charge is 0.310 e. The predicted octanol–water partition coefficient (Wildman–Crippen LogP) is 17.2. The Bertz CT molecular complexity index is 3380. The lowest BCUT2D eigenvalue weighted by Gasteiger charge is -2.35. The van der Waals surface area contributed by atoms with E-state index >= 15 is 13.2 Å². The minimum Gasteiger partial charge on any atom is -0.310 e. The fourth-order valence-corrected chi connectivity index (χ4v) is 10.0. The minimum absolute atomic E-state index is 0.172. The second kappa shape index (κ2) is 15.7. The monoisotopic (exact) mass is 873 g/mol. The summed E-state index contributed by atoms with van der Waals surface area (Å²) in [6.45, 7) is 0. The molecule has 0 fully saturated rings. The second-order valence-corrected chi connectivity index (χ2v) is 16.6. The zero-order valence-electron chi connectivity index (χ0n) is 35.1. The van der Waals surface area contributed by atoms with Gasteiger partial charge in [0.1, 0.15) is 0 Å². The van der Waals surface area contributed by atoms with E-state index in [9.17, 15) is 13.2 Å². The van der Waals surface area contributed by atoms with Crippen molar-refractivity contribution < 1.29 is 26.3 Å². The Labute approximate surface area is 377 Å². The highest BCUT2D eigenvalue weighted by Gasteiger charge is 2.50. The standard InChI is InChI=1S/C59H37F6N/c60-58(61,62)44-28-33-51-53(35-44)57(42-17-6-2-7-18-42,43-19-8-3-9-20-43)54-36-45(59(63,64)65)37-55(56(51)54)66(46-29-24-39(25-30-46)38-14-4-1-5-15-38)47-31-26-40(27-32-47)52-34-41-16-10-11-21-48(41)49-22-12-13-23-50(49)52/h1-37H. The number of benzene rings is 10. The van der Waals surface area contributed by atoms with E-state index in [0.29, 0.717) is 33.6 Å². The third-order valence-electron chi connectivity index (χ3n) is 13.0. The molecular weight excluding hydrogens is 837 g/mol. The van der Waals surface area contributed by atoms with Gasteiger partial charge >= 0.3 is 12.4 Å². The SMILES string of the molecule is FC(F)(F)c1ccc2c(c1)C(c1ccccc1)(c1ccccc1)c1cc(C(F)(F)F)cc(N(c3ccc(-c4ccccc4)cc3)c3ccc(-c4cc5ccccc5c5ccccc45)cc3)c1-2. The molecule has 0 saturated heterocycles. The van der Waals surface area contributed by atoms with Gasteiger partial charge in [-0.3, -0.25) is 0 Å².